The number of nitrogens with one attached hydrogen (secondary N) is 1. The zero-order valence-electron chi connectivity index (χ0n) is 14.8. The Labute approximate surface area is 160 Å². The number of carbonyl (C=O) groups is 1. The van der Waals surface area contributed by atoms with Crippen molar-refractivity contribution < 1.29 is 26.8 Å². The third-order valence-electron chi connectivity index (χ3n) is 3.71. The summed E-state index contributed by atoms with van der Waals surface area (Å²) >= 11 is 0. The van der Waals surface area contributed by atoms with Gasteiger partial charge >= 0.3 is 6.01 Å². The summed E-state index contributed by atoms with van der Waals surface area (Å²) in [6.45, 7) is 1.12. The zero-order valence-corrected chi connectivity index (χ0v) is 15.6. The number of hydrogen-bond donors (Lipinski definition) is 1. The summed E-state index contributed by atoms with van der Waals surface area (Å²) in [5.41, 5.74) is 0.491. The number of sulfone groups is 1. The lowest BCUT2D eigenvalue weighted by atomic mass is 10.2. The first-order chi connectivity index (χ1) is 13.4. The molecule has 0 bridgehead atoms. The molecule has 0 atom stereocenters. The molecule has 1 heterocycles. The van der Waals surface area contributed by atoms with Crippen LogP contribution in [0.15, 0.2) is 57.8 Å². The molecule has 0 aliphatic carbocycles. The normalized spacial score (nSPS) is 11.2. The number of benzene rings is 2. The molecule has 3 aromatic rings. The summed E-state index contributed by atoms with van der Waals surface area (Å²) in [5, 5.41) is 9.84. The van der Waals surface area contributed by atoms with Crippen LogP contribution in [0.25, 0.3) is 11.5 Å². The molecule has 1 N–H and O–H groups in total. The number of aromatic nitrogens is 2. The van der Waals surface area contributed by atoms with Crippen molar-refractivity contribution in [2.75, 3.05) is 17.7 Å². The third-order valence-corrected chi connectivity index (χ3v) is 5.46. The van der Waals surface area contributed by atoms with Crippen molar-refractivity contribution in [2.45, 2.75) is 11.8 Å². The SMILES string of the molecule is CCS(=O)(=O)c1ccc(-c2nnc(NC(=O)COc3ccccc3F)o2)cc1. The summed E-state index contributed by atoms with van der Waals surface area (Å²) in [5.74, 6) is -1.14. The van der Waals surface area contributed by atoms with Crippen LogP contribution in [0.3, 0.4) is 0 Å². The maximum absolute atomic E-state index is 13.4. The van der Waals surface area contributed by atoms with Crippen molar-refractivity contribution in [1.29, 1.82) is 0 Å². The summed E-state index contributed by atoms with van der Waals surface area (Å²) in [6, 6.07) is 11.5. The lowest BCUT2D eigenvalue weighted by molar-refractivity contribution is -0.118. The standard InChI is InChI=1S/C18H16FN3O5S/c1-2-28(24,25)13-9-7-12(8-10-13)17-21-22-18(27-17)20-16(23)11-26-15-6-4-3-5-14(15)19/h3-10H,2,11H2,1H3,(H,20,22,23). The fourth-order valence-electron chi connectivity index (χ4n) is 2.22. The van der Waals surface area contributed by atoms with Crippen LogP contribution in [-0.2, 0) is 14.6 Å². The van der Waals surface area contributed by atoms with Crippen molar-refractivity contribution in [3.8, 4) is 17.2 Å². The van der Waals surface area contributed by atoms with Gasteiger partial charge in [0.1, 0.15) is 0 Å². The molecular weight excluding hydrogens is 389 g/mol. The van der Waals surface area contributed by atoms with E-state index < -0.39 is 28.2 Å². The average Bonchev–Trinajstić information content (AvgIpc) is 3.16. The van der Waals surface area contributed by atoms with Crippen LogP contribution in [0.5, 0.6) is 5.75 Å². The fraction of sp³-hybridized carbons (Fsp3) is 0.167. The summed E-state index contributed by atoms with van der Waals surface area (Å²) in [6.07, 6.45) is 0. The quantitative estimate of drug-likeness (QED) is 0.643. The first kappa shape index (κ1) is 19.5. The van der Waals surface area contributed by atoms with Gasteiger partial charge in [-0.3, -0.25) is 10.1 Å². The number of para-hydroxylation sites is 1. The van der Waals surface area contributed by atoms with E-state index in [1.807, 2.05) is 0 Å². The molecule has 0 radical (unpaired) electrons. The molecule has 0 fully saturated rings. The van der Waals surface area contributed by atoms with E-state index in [0.717, 1.165) is 0 Å². The Morgan fingerprint density at radius 3 is 2.54 bits per heavy atom. The minimum atomic E-state index is -3.30. The van der Waals surface area contributed by atoms with E-state index >= 15 is 0 Å². The summed E-state index contributed by atoms with van der Waals surface area (Å²) in [4.78, 5) is 12.1. The number of anilines is 1. The number of ether oxygens (including phenoxy) is 1. The molecule has 0 saturated carbocycles. The highest BCUT2D eigenvalue weighted by molar-refractivity contribution is 7.91. The van der Waals surface area contributed by atoms with Crippen molar-refractivity contribution >= 4 is 21.8 Å². The Bertz CT molecular complexity index is 1080. The van der Waals surface area contributed by atoms with Gasteiger partial charge in [-0.2, -0.15) is 0 Å². The number of rotatable bonds is 7. The molecule has 28 heavy (non-hydrogen) atoms. The summed E-state index contributed by atoms with van der Waals surface area (Å²) in [7, 11) is -3.30. The Morgan fingerprint density at radius 1 is 1.14 bits per heavy atom. The van der Waals surface area contributed by atoms with E-state index in [9.17, 15) is 17.6 Å². The first-order valence-corrected chi connectivity index (χ1v) is 9.88. The molecule has 8 nitrogen and oxygen atoms in total. The molecule has 146 valence electrons. The minimum Gasteiger partial charge on any atom is -0.481 e. The molecule has 10 heteroatoms. The van der Waals surface area contributed by atoms with Crippen molar-refractivity contribution in [2.24, 2.45) is 0 Å². The largest absolute Gasteiger partial charge is 0.481 e. The number of amides is 1. The van der Waals surface area contributed by atoms with E-state index in [0.29, 0.717) is 5.56 Å². The highest BCUT2D eigenvalue weighted by atomic mass is 32.2. The van der Waals surface area contributed by atoms with Crippen molar-refractivity contribution in [3.05, 3.63) is 54.3 Å². The number of nitrogens with zero attached hydrogens (tertiary/aromatic N) is 2. The van der Waals surface area contributed by atoms with Crippen LogP contribution in [0.4, 0.5) is 10.4 Å². The molecule has 3 rings (SSSR count). The minimum absolute atomic E-state index is 0.00195. The zero-order chi connectivity index (χ0) is 20.1. The van der Waals surface area contributed by atoms with E-state index in [-0.39, 0.29) is 28.3 Å². The van der Waals surface area contributed by atoms with Gasteiger partial charge in [0.05, 0.1) is 10.6 Å². The van der Waals surface area contributed by atoms with E-state index in [2.05, 4.69) is 15.5 Å². The Balaban J connectivity index is 1.62. The second-order valence-corrected chi connectivity index (χ2v) is 7.89. The second kappa shape index (κ2) is 8.17. The molecule has 0 spiro atoms. The Kier molecular flexibility index (Phi) is 5.69. The lowest BCUT2D eigenvalue weighted by Gasteiger charge is -2.05. The second-order valence-electron chi connectivity index (χ2n) is 5.61. The molecule has 0 aliphatic heterocycles. The highest BCUT2D eigenvalue weighted by Crippen LogP contribution is 2.22. The molecule has 0 aliphatic rings. The van der Waals surface area contributed by atoms with Crippen molar-refractivity contribution in [3.63, 3.8) is 0 Å². The average molecular weight is 405 g/mol. The Morgan fingerprint density at radius 2 is 1.86 bits per heavy atom. The van der Waals surface area contributed by atoms with Gasteiger partial charge in [-0.05, 0) is 36.4 Å². The van der Waals surface area contributed by atoms with E-state index in [1.165, 1.54) is 42.5 Å². The van der Waals surface area contributed by atoms with Gasteiger partial charge in [0.2, 0.25) is 5.89 Å². The molecule has 1 aromatic heterocycles. The van der Waals surface area contributed by atoms with Crippen LogP contribution in [-0.4, -0.2) is 36.9 Å². The maximum atomic E-state index is 13.4. The van der Waals surface area contributed by atoms with Crippen LogP contribution >= 0.6 is 0 Å². The van der Waals surface area contributed by atoms with Crippen LogP contribution < -0.4 is 10.1 Å². The highest BCUT2D eigenvalue weighted by Gasteiger charge is 2.15. The lowest BCUT2D eigenvalue weighted by Crippen LogP contribution is -2.20. The van der Waals surface area contributed by atoms with Gasteiger partial charge in [0.15, 0.2) is 28.0 Å². The van der Waals surface area contributed by atoms with E-state index in [4.69, 9.17) is 9.15 Å². The van der Waals surface area contributed by atoms with Crippen LogP contribution in [0.2, 0.25) is 0 Å². The van der Waals surface area contributed by atoms with Gasteiger partial charge in [-0.1, -0.05) is 24.2 Å². The topological polar surface area (TPSA) is 111 Å². The predicted octanol–water partition coefficient (Wildman–Crippen LogP) is 2.69. The predicted molar refractivity (Wildman–Crippen MR) is 98.0 cm³/mol. The summed E-state index contributed by atoms with van der Waals surface area (Å²) < 4.78 is 47.5. The van der Waals surface area contributed by atoms with Gasteiger partial charge in [0, 0.05) is 5.56 Å². The molecule has 0 unspecified atom stereocenters. The van der Waals surface area contributed by atoms with Gasteiger partial charge in [-0.25, -0.2) is 12.8 Å². The first-order valence-electron chi connectivity index (χ1n) is 8.23. The number of carbonyl (C=O) groups excluding carboxylic acids is 1. The third kappa shape index (κ3) is 4.52. The molecular formula is C18H16FN3O5S. The van der Waals surface area contributed by atoms with Crippen molar-refractivity contribution in [1.82, 2.24) is 10.2 Å². The maximum Gasteiger partial charge on any atom is 0.322 e. The van der Waals surface area contributed by atoms with Crippen LogP contribution in [0.1, 0.15) is 6.92 Å². The Hall–Kier alpha value is -3.27. The fourth-order valence-corrected chi connectivity index (χ4v) is 3.11. The molecule has 0 saturated heterocycles. The van der Waals surface area contributed by atoms with Crippen LogP contribution in [0, 0.1) is 5.82 Å². The number of hydrogen-bond acceptors (Lipinski definition) is 7. The van der Waals surface area contributed by atoms with E-state index in [1.54, 1.807) is 13.0 Å². The van der Waals surface area contributed by atoms with Gasteiger partial charge in [-0.15, -0.1) is 5.10 Å². The van der Waals surface area contributed by atoms with Gasteiger partial charge < -0.3 is 9.15 Å². The monoisotopic (exact) mass is 405 g/mol. The van der Waals surface area contributed by atoms with Gasteiger partial charge in [0.25, 0.3) is 5.91 Å². The molecule has 2 aromatic carbocycles. The number of halogens is 1. The smallest absolute Gasteiger partial charge is 0.322 e. The molecule has 1 amide bonds.